The number of carboxylic acid groups (broad SMARTS) is 1. The van der Waals surface area contributed by atoms with Crippen LogP contribution in [-0.2, 0) is 9.59 Å². The van der Waals surface area contributed by atoms with Gasteiger partial charge in [0, 0.05) is 18.7 Å². The Morgan fingerprint density at radius 3 is 2.73 bits per heavy atom. The number of likely N-dealkylation sites (tertiary alicyclic amines) is 1. The van der Waals surface area contributed by atoms with Gasteiger partial charge in [0.1, 0.15) is 18.3 Å². The van der Waals surface area contributed by atoms with Crippen LogP contribution in [0.3, 0.4) is 0 Å². The summed E-state index contributed by atoms with van der Waals surface area (Å²) in [5.41, 5.74) is 3.23. The quantitative estimate of drug-likeness (QED) is 0.908. The number of aryl methyl sites for hydroxylation is 2. The molecule has 0 aliphatic carbocycles. The van der Waals surface area contributed by atoms with Gasteiger partial charge in [-0.05, 0) is 43.9 Å². The Morgan fingerprint density at radius 1 is 1.27 bits per heavy atom. The van der Waals surface area contributed by atoms with Crippen molar-refractivity contribution in [2.24, 2.45) is 5.92 Å². The fourth-order valence-corrected chi connectivity index (χ4v) is 3.28. The molecule has 5 heteroatoms. The highest BCUT2D eigenvalue weighted by Gasteiger charge is 2.36. The van der Waals surface area contributed by atoms with Crippen molar-refractivity contribution in [3.63, 3.8) is 0 Å². The maximum absolute atomic E-state index is 12.8. The highest BCUT2D eigenvalue weighted by Crippen LogP contribution is 2.37. The number of benzene rings is 1. The van der Waals surface area contributed by atoms with E-state index < -0.39 is 11.9 Å². The lowest BCUT2D eigenvalue weighted by molar-refractivity contribution is -0.146. The minimum Gasteiger partial charge on any atom is -0.492 e. The average Bonchev–Trinajstić information content (AvgIpc) is 2.90. The summed E-state index contributed by atoms with van der Waals surface area (Å²) in [5.74, 6) is -0.783. The number of hydrogen-bond acceptors (Lipinski definition) is 3. The van der Waals surface area contributed by atoms with Gasteiger partial charge in [-0.2, -0.15) is 0 Å². The van der Waals surface area contributed by atoms with Crippen molar-refractivity contribution in [3.05, 3.63) is 28.8 Å². The Balaban J connectivity index is 1.80. The van der Waals surface area contributed by atoms with Crippen LogP contribution in [0.5, 0.6) is 5.75 Å². The minimum atomic E-state index is -0.813. The summed E-state index contributed by atoms with van der Waals surface area (Å²) in [6.07, 6.45) is 1.39. The Hall–Kier alpha value is -2.04. The van der Waals surface area contributed by atoms with Crippen molar-refractivity contribution in [2.45, 2.75) is 32.6 Å². The lowest BCUT2D eigenvalue weighted by Crippen LogP contribution is -2.44. The smallest absolute Gasteiger partial charge is 0.308 e. The zero-order valence-corrected chi connectivity index (χ0v) is 13.0. The molecule has 1 N–H and O–H groups in total. The topological polar surface area (TPSA) is 66.8 Å². The zero-order valence-electron chi connectivity index (χ0n) is 13.0. The molecule has 0 radical (unpaired) electrons. The maximum Gasteiger partial charge on any atom is 0.308 e. The van der Waals surface area contributed by atoms with Crippen LogP contribution >= 0.6 is 0 Å². The fourth-order valence-electron chi connectivity index (χ4n) is 3.28. The van der Waals surface area contributed by atoms with Crippen molar-refractivity contribution in [3.8, 4) is 5.75 Å². The van der Waals surface area contributed by atoms with Gasteiger partial charge in [0.15, 0.2) is 0 Å². The number of aliphatic carboxylic acids is 1. The predicted molar refractivity (Wildman–Crippen MR) is 81.1 cm³/mol. The number of hydrogen-bond donors (Lipinski definition) is 1. The normalized spacial score (nSPS) is 23.8. The number of ether oxygens (including phenoxy) is 1. The summed E-state index contributed by atoms with van der Waals surface area (Å²) < 4.78 is 5.67. The molecule has 118 valence electrons. The first-order chi connectivity index (χ1) is 10.5. The summed E-state index contributed by atoms with van der Waals surface area (Å²) in [6, 6.07) is 4.01. The van der Waals surface area contributed by atoms with Crippen LogP contribution < -0.4 is 4.74 Å². The Bertz CT molecular complexity index is 625. The maximum atomic E-state index is 12.8. The lowest BCUT2D eigenvalue weighted by atomic mass is 9.93. The molecule has 2 heterocycles. The molecule has 2 atom stereocenters. The third kappa shape index (κ3) is 2.56. The van der Waals surface area contributed by atoms with Crippen LogP contribution in [0.1, 0.15) is 35.4 Å². The molecule has 1 aromatic rings. The minimum absolute atomic E-state index is 0.00652. The number of piperidine rings is 1. The van der Waals surface area contributed by atoms with Crippen LogP contribution in [0.4, 0.5) is 0 Å². The molecule has 1 aromatic carbocycles. The number of nitrogens with zero attached hydrogens (tertiary/aromatic N) is 1. The summed E-state index contributed by atoms with van der Waals surface area (Å²) in [4.78, 5) is 25.6. The van der Waals surface area contributed by atoms with E-state index in [1.807, 2.05) is 26.0 Å². The molecule has 0 saturated carbocycles. The van der Waals surface area contributed by atoms with Gasteiger partial charge in [-0.1, -0.05) is 6.07 Å². The van der Waals surface area contributed by atoms with E-state index in [4.69, 9.17) is 9.84 Å². The molecule has 2 aliphatic rings. The van der Waals surface area contributed by atoms with Crippen LogP contribution in [0.15, 0.2) is 12.1 Å². The molecule has 0 bridgehead atoms. The lowest BCUT2D eigenvalue weighted by Gasteiger charge is -2.32. The van der Waals surface area contributed by atoms with E-state index in [1.165, 1.54) is 0 Å². The molecule has 1 saturated heterocycles. The van der Waals surface area contributed by atoms with Gasteiger partial charge >= 0.3 is 5.97 Å². The first kappa shape index (κ1) is 14.9. The first-order valence-corrected chi connectivity index (χ1v) is 7.73. The van der Waals surface area contributed by atoms with Gasteiger partial charge in [0.2, 0.25) is 5.91 Å². The molecule has 1 fully saturated rings. The van der Waals surface area contributed by atoms with Crippen molar-refractivity contribution in [1.82, 2.24) is 4.90 Å². The largest absolute Gasteiger partial charge is 0.492 e. The second-order valence-electron chi connectivity index (χ2n) is 6.30. The molecule has 3 rings (SSSR count). The molecule has 2 aliphatic heterocycles. The van der Waals surface area contributed by atoms with E-state index in [0.717, 1.165) is 28.9 Å². The van der Waals surface area contributed by atoms with E-state index >= 15 is 0 Å². The molecule has 0 spiro atoms. The predicted octanol–water partition coefficient (Wildman–Crippen LogP) is 2.10. The van der Waals surface area contributed by atoms with Crippen molar-refractivity contribution < 1.29 is 19.4 Å². The van der Waals surface area contributed by atoms with Crippen molar-refractivity contribution in [1.29, 1.82) is 0 Å². The molecule has 1 unspecified atom stereocenters. The highest BCUT2D eigenvalue weighted by molar-refractivity contribution is 5.86. The molecule has 22 heavy (non-hydrogen) atoms. The zero-order chi connectivity index (χ0) is 15.9. The van der Waals surface area contributed by atoms with Gasteiger partial charge < -0.3 is 14.7 Å². The summed E-state index contributed by atoms with van der Waals surface area (Å²) >= 11 is 0. The summed E-state index contributed by atoms with van der Waals surface area (Å²) in [6.45, 7) is 5.35. The second-order valence-corrected chi connectivity index (χ2v) is 6.30. The van der Waals surface area contributed by atoms with E-state index in [1.54, 1.807) is 4.90 Å². The van der Waals surface area contributed by atoms with Crippen LogP contribution in [-0.4, -0.2) is 41.6 Å². The molecular weight excluding hydrogens is 282 g/mol. The standard InChI is InChI=1S/C17H21NO4/c1-10-6-13-14(9-22-15(13)7-11(10)2)16(19)18-5-3-4-12(8-18)17(20)21/h6-7,12,14H,3-5,8-9H2,1-2H3,(H,20,21)/t12-,14?/m0/s1. The van der Waals surface area contributed by atoms with E-state index in [0.29, 0.717) is 26.1 Å². The molecular formula is C17H21NO4. The fraction of sp³-hybridized carbons (Fsp3) is 0.529. The number of carbonyl (C=O) groups is 2. The SMILES string of the molecule is Cc1cc2c(cc1C)C(C(=O)N1CCC[C@H](C(=O)O)C1)CO2. The van der Waals surface area contributed by atoms with Crippen LogP contribution in [0.25, 0.3) is 0 Å². The van der Waals surface area contributed by atoms with Crippen LogP contribution in [0.2, 0.25) is 0 Å². The number of carboxylic acids is 1. The second kappa shape index (κ2) is 5.63. The third-order valence-corrected chi connectivity index (χ3v) is 4.79. The van der Waals surface area contributed by atoms with Gasteiger partial charge in [-0.3, -0.25) is 9.59 Å². The van der Waals surface area contributed by atoms with Crippen molar-refractivity contribution >= 4 is 11.9 Å². The van der Waals surface area contributed by atoms with Gasteiger partial charge in [-0.15, -0.1) is 0 Å². The monoisotopic (exact) mass is 303 g/mol. The number of carbonyl (C=O) groups excluding carboxylic acids is 1. The van der Waals surface area contributed by atoms with E-state index in [-0.39, 0.29) is 11.8 Å². The van der Waals surface area contributed by atoms with Gasteiger partial charge in [-0.25, -0.2) is 0 Å². The molecule has 1 amide bonds. The Morgan fingerprint density at radius 2 is 2.00 bits per heavy atom. The number of amides is 1. The highest BCUT2D eigenvalue weighted by atomic mass is 16.5. The first-order valence-electron chi connectivity index (χ1n) is 7.73. The molecule has 0 aromatic heterocycles. The third-order valence-electron chi connectivity index (χ3n) is 4.79. The molecule has 5 nitrogen and oxygen atoms in total. The van der Waals surface area contributed by atoms with Gasteiger partial charge in [0.05, 0.1) is 5.92 Å². The Labute approximate surface area is 129 Å². The summed E-state index contributed by atoms with van der Waals surface area (Å²) in [5, 5.41) is 9.17. The van der Waals surface area contributed by atoms with E-state index in [2.05, 4.69) is 0 Å². The summed E-state index contributed by atoms with van der Waals surface area (Å²) in [7, 11) is 0. The van der Waals surface area contributed by atoms with E-state index in [9.17, 15) is 9.59 Å². The Kier molecular flexibility index (Phi) is 3.81. The number of fused-ring (bicyclic) bond motifs is 1. The van der Waals surface area contributed by atoms with Crippen LogP contribution in [0, 0.1) is 19.8 Å². The van der Waals surface area contributed by atoms with Gasteiger partial charge in [0.25, 0.3) is 0 Å². The van der Waals surface area contributed by atoms with Crippen molar-refractivity contribution in [2.75, 3.05) is 19.7 Å². The number of rotatable bonds is 2. The average molecular weight is 303 g/mol.